The predicted octanol–water partition coefficient (Wildman–Crippen LogP) is 4.98. The smallest absolute Gasteiger partial charge is 0.255 e. The molecule has 0 bridgehead atoms. The monoisotopic (exact) mass is 384 g/mol. The summed E-state index contributed by atoms with van der Waals surface area (Å²) in [5, 5.41) is 5.62. The van der Waals surface area contributed by atoms with E-state index in [4.69, 9.17) is 9.47 Å². The van der Waals surface area contributed by atoms with Gasteiger partial charge < -0.3 is 20.1 Å². The first-order valence-corrected chi connectivity index (χ1v) is 8.35. The molecule has 0 radical (unpaired) electrons. The number of amides is 1. The third-order valence-corrected chi connectivity index (χ3v) is 4.00. The molecule has 0 saturated carbocycles. The Morgan fingerprint density at radius 1 is 0.821 bits per heavy atom. The van der Waals surface area contributed by atoms with Crippen molar-refractivity contribution in [3.63, 3.8) is 0 Å². The van der Waals surface area contributed by atoms with Crippen LogP contribution in [-0.2, 0) is 0 Å². The van der Waals surface area contributed by atoms with Crippen molar-refractivity contribution in [2.24, 2.45) is 0 Å². The lowest BCUT2D eigenvalue weighted by atomic mass is 10.1. The highest BCUT2D eigenvalue weighted by Gasteiger charge is 2.11. The Morgan fingerprint density at radius 3 is 2.14 bits per heavy atom. The second kappa shape index (κ2) is 8.39. The fourth-order valence-corrected chi connectivity index (χ4v) is 2.56. The highest BCUT2D eigenvalue weighted by atomic mass is 19.1. The van der Waals surface area contributed by atoms with E-state index in [-0.39, 0.29) is 11.6 Å². The summed E-state index contributed by atoms with van der Waals surface area (Å²) >= 11 is 0. The number of ether oxygens (including phenoxy) is 2. The van der Waals surface area contributed by atoms with E-state index in [9.17, 15) is 13.6 Å². The molecule has 0 aromatic heterocycles. The van der Waals surface area contributed by atoms with E-state index < -0.39 is 11.6 Å². The van der Waals surface area contributed by atoms with E-state index in [0.717, 1.165) is 6.07 Å². The van der Waals surface area contributed by atoms with Crippen LogP contribution in [0.1, 0.15) is 10.4 Å². The number of halogens is 2. The lowest BCUT2D eigenvalue weighted by Crippen LogP contribution is -2.12. The van der Waals surface area contributed by atoms with Gasteiger partial charge in [0.1, 0.15) is 11.6 Å². The lowest BCUT2D eigenvalue weighted by Gasteiger charge is -2.11. The number of hydrogen-bond acceptors (Lipinski definition) is 4. The second-order valence-corrected chi connectivity index (χ2v) is 5.85. The second-order valence-electron chi connectivity index (χ2n) is 5.85. The highest BCUT2D eigenvalue weighted by Crippen LogP contribution is 2.28. The van der Waals surface area contributed by atoms with Gasteiger partial charge >= 0.3 is 0 Å². The topological polar surface area (TPSA) is 59.6 Å². The van der Waals surface area contributed by atoms with Crippen LogP contribution in [0.2, 0.25) is 0 Å². The Labute approximate surface area is 160 Å². The number of hydrogen-bond donors (Lipinski definition) is 2. The van der Waals surface area contributed by atoms with Gasteiger partial charge in [-0.2, -0.15) is 0 Å². The van der Waals surface area contributed by atoms with E-state index in [1.165, 1.54) is 26.4 Å². The van der Waals surface area contributed by atoms with Crippen LogP contribution in [0.3, 0.4) is 0 Å². The number of carbonyl (C=O) groups is 1. The summed E-state index contributed by atoms with van der Waals surface area (Å²) in [7, 11) is 3.01. The van der Waals surface area contributed by atoms with Crippen LogP contribution in [0.4, 0.5) is 25.8 Å². The Hall–Kier alpha value is -3.61. The summed E-state index contributed by atoms with van der Waals surface area (Å²) in [6, 6.07) is 14.8. The molecule has 0 heterocycles. The summed E-state index contributed by atoms with van der Waals surface area (Å²) in [6.45, 7) is 0. The third-order valence-electron chi connectivity index (χ3n) is 4.00. The molecular formula is C21H18F2N2O3. The quantitative estimate of drug-likeness (QED) is 0.629. The first-order chi connectivity index (χ1) is 13.5. The average molecular weight is 384 g/mol. The number of methoxy groups -OCH3 is 2. The van der Waals surface area contributed by atoms with Crippen molar-refractivity contribution in [2.45, 2.75) is 0 Å². The predicted molar refractivity (Wildman–Crippen MR) is 104 cm³/mol. The van der Waals surface area contributed by atoms with Crippen LogP contribution in [0, 0.1) is 11.6 Å². The molecule has 5 nitrogen and oxygen atoms in total. The number of anilines is 3. The van der Waals surface area contributed by atoms with Gasteiger partial charge in [-0.3, -0.25) is 4.79 Å². The lowest BCUT2D eigenvalue weighted by molar-refractivity contribution is 0.102. The molecule has 144 valence electrons. The zero-order valence-corrected chi connectivity index (χ0v) is 15.3. The molecule has 3 aromatic carbocycles. The van der Waals surface area contributed by atoms with Crippen LogP contribution in [0.25, 0.3) is 0 Å². The zero-order chi connectivity index (χ0) is 20.1. The molecule has 0 saturated heterocycles. The zero-order valence-electron chi connectivity index (χ0n) is 15.3. The molecule has 2 N–H and O–H groups in total. The summed E-state index contributed by atoms with van der Waals surface area (Å²) in [6.07, 6.45) is 0. The Morgan fingerprint density at radius 2 is 1.50 bits per heavy atom. The molecule has 0 aliphatic rings. The molecule has 28 heavy (non-hydrogen) atoms. The molecule has 0 aliphatic heterocycles. The fraction of sp³-hybridized carbons (Fsp3) is 0.0952. The minimum Gasteiger partial charge on any atom is -0.493 e. The number of benzene rings is 3. The van der Waals surface area contributed by atoms with Crippen molar-refractivity contribution in [1.82, 2.24) is 0 Å². The Kier molecular flexibility index (Phi) is 5.74. The van der Waals surface area contributed by atoms with Gasteiger partial charge in [0, 0.05) is 23.0 Å². The first kappa shape index (κ1) is 19.2. The molecular weight excluding hydrogens is 366 g/mol. The van der Waals surface area contributed by atoms with Gasteiger partial charge in [-0.15, -0.1) is 0 Å². The SMILES string of the molecule is COc1ccc(C(=O)Nc2ccc(Nc3ccc(F)cc3F)cc2)cc1OC. The molecule has 0 atom stereocenters. The van der Waals surface area contributed by atoms with Crippen LogP contribution >= 0.6 is 0 Å². The van der Waals surface area contributed by atoms with Crippen molar-refractivity contribution in [1.29, 1.82) is 0 Å². The van der Waals surface area contributed by atoms with Gasteiger partial charge in [0.15, 0.2) is 11.5 Å². The van der Waals surface area contributed by atoms with Gasteiger partial charge in [-0.25, -0.2) is 8.78 Å². The van der Waals surface area contributed by atoms with Crippen LogP contribution < -0.4 is 20.1 Å². The maximum Gasteiger partial charge on any atom is 0.255 e. The normalized spacial score (nSPS) is 10.3. The van der Waals surface area contributed by atoms with Gasteiger partial charge in [0.25, 0.3) is 5.91 Å². The third kappa shape index (κ3) is 4.37. The van der Waals surface area contributed by atoms with Crippen LogP contribution in [0.15, 0.2) is 60.7 Å². The Bertz CT molecular complexity index is 991. The van der Waals surface area contributed by atoms with Gasteiger partial charge in [-0.05, 0) is 54.6 Å². The first-order valence-electron chi connectivity index (χ1n) is 8.35. The molecule has 0 spiro atoms. The van der Waals surface area contributed by atoms with Crippen LogP contribution in [0.5, 0.6) is 11.5 Å². The maximum atomic E-state index is 13.7. The van der Waals surface area contributed by atoms with Crippen molar-refractivity contribution >= 4 is 23.0 Å². The number of nitrogens with one attached hydrogen (secondary N) is 2. The van der Waals surface area contributed by atoms with Gasteiger partial charge in [-0.1, -0.05) is 0 Å². The van der Waals surface area contributed by atoms with E-state index in [2.05, 4.69) is 10.6 Å². The van der Waals surface area contributed by atoms with Crippen LogP contribution in [-0.4, -0.2) is 20.1 Å². The minimum atomic E-state index is -0.689. The average Bonchev–Trinajstić information content (AvgIpc) is 2.70. The molecule has 0 unspecified atom stereocenters. The van der Waals surface area contributed by atoms with E-state index in [1.54, 1.807) is 42.5 Å². The molecule has 0 aliphatic carbocycles. The maximum absolute atomic E-state index is 13.7. The molecule has 0 fully saturated rings. The van der Waals surface area contributed by atoms with E-state index in [0.29, 0.717) is 28.4 Å². The van der Waals surface area contributed by atoms with Crippen molar-refractivity contribution in [2.75, 3.05) is 24.9 Å². The molecule has 3 rings (SSSR count). The summed E-state index contributed by atoms with van der Waals surface area (Å²) in [5.41, 5.74) is 1.72. The van der Waals surface area contributed by atoms with E-state index >= 15 is 0 Å². The molecule has 3 aromatic rings. The minimum absolute atomic E-state index is 0.156. The van der Waals surface area contributed by atoms with Crippen molar-refractivity contribution in [3.8, 4) is 11.5 Å². The summed E-state index contributed by atoms with van der Waals surface area (Å²) in [4.78, 5) is 12.4. The van der Waals surface area contributed by atoms with Gasteiger partial charge in [0.05, 0.1) is 19.9 Å². The van der Waals surface area contributed by atoms with E-state index in [1.807, 2.05) is 0 Å². The summed E-state index contributed by atoms with van der Waals surface area (Å²) < 4.78 is 37.0. The summed E-state index contributed by atoms with van der Waals surface area (Å²) in [5.74, 6) is -0.660. The van der Waals surface area contributed by atoms with Gasteiger partial charge in [0.2, 0.25) is 0 Å². The number of carbonyl (C=O) groups excluding carboxylic acids is 1. The Balaban J connectivity index is 1.69. The largest absolute Gasteiger partial charge is 0.493 e. The van der Waals surface area contributed by atoms with Crippen molar-refractivity contribution < 1.29 is 23.0 Å². The molecule has 7 heteroatoms. The fourth-order valence-electron chi connectivity index (χ4n) is 2.56. The molecule has 1 amide bonds. The highest BCUT2D eigenvalue weighted by molar-refractivity contribution is 6.04. The number of rotatable bonds is 6. The standard InChI is InChI=1S/C21H18F2N2O3/c1-27-19-10-3-13(11-20(19)28-2)21(26)25-16-7-5-15(6-8-16)24-18-9-4-14(22)12-17(18)23/h3-12,24H,1-2H3,(H,25,26). The van der Waals surface area contributed by atoms with Crippen molar-refractivity contribution in [3.05, 3.63) is 77.9 Å².